The van der Waals surface area contributed by atoms with Gasteiger partial charge in [0.15, 0.2) is 0 Å². The van der Waals surface area contributed by atoms with Gasteiger partial charge >= 0.3 is 0 Å². The van der Waals surface area contributed by atoms with Gasteiger partial charge in [-0.15, -0.1) is 0 Å². The highest BCUT2D eigenvalue weighted by molar-refractivity contribution is 5.82. The van der Waals surface area contributed by atoms with Crippen molar-refractivity contribution in [1.29, 1.82) is 0 Å². The lowest BCUT2D eigenvalue weighted by Gasteiger charge is -2.36. The lowest BCUT2D eigenvalue weighted by molar-refractivity contribution is 0.166. The average Bonchev–Trinajstić information content (AvgIpc) is 2.15. The average molecular weight is 196 g/mol. The summed E-state index contributed by atoms with van der Waals surface area (Å²) in [6.07, 6.45) is 5.07. The minimum Gasteiger partial charge on any atom is -0.387 e. The summed E-state index contributed by atoms with van der Waals surface area (Å²) in [6, 6.07) is 0. The van der Waals surface area contributed by atoms with Crippen LogP contribution >= 0.6 is 0 Å². The van der Waals surface area contributed by atoms with E-state index in [4.69, 9.17) is 5.73 Å². The molecule has 0 radical (unpaired) electrons. The predicted molar refractivity (Wildman–Crippen MR) is 62.4 cm³/mol. The third-order valence-electron chi connectivity index (χ3n) is 3.63. The number of hydrogen-bond donors (Lipinski definition) is 1. The van der Waals surface area contributed by atoms with Crippen LogP contribution in [0.5, 0.6) is 0 Å². The van der Waals surface area contributed by atoms with E-state index in [9.17, 15) is 0 Å². The Balaban J connectivity index is 2.47. The summed E-state index contributed by atoms with van der Waals surface area (Å²) in [6.45, 7) is 7.03. The van der Waals surface area contributed by atoms with Crippen molar-refractivity contribution in [2.75, 3.05) is 7.05 Å². The SMILES string of the molecule is CN=C(N)C1CCC(C(C)(C)C)CC1. The highest BCUT2D eigenvalue weighted by Gasteiger charge is 2.30. The first-order chi connectivity index (χ1) is 6.45. The molecule has 82 valence electrons. The fourth-order valence-corrected chi connectivity index (χ4v) is 2.44. The molecule has 0 heterocycles. The van der Waals surface area contributed by atoms with E-state index in [1.54, 1.807) is 7.05 Å². The molecule has 0 saturated heterocycles. The van der Waals surface area contributed by atoms with E-state index < -0.39 is 0 Å². The lowest BCUT2D eigenvalue weighted by atomic mass is 9.69. The molecular weight excluding hydrogens is 172 g/mol. The van der Waals surface area contributed by atoms with E-state index in [1.165, 1.54) is 25.7 Å². The molecule has 0 aromatic heterocycles. The van der Waals surface area contributed by atoms with Crippen molar-refractivity contribution in [1.82, 2.24) is 0 Å². The lowest BCUT2D eigenvalue weighted by Crippen LogP contribution is -2.32. The van der Waals surface area contributed by atoms with Gasteiger partial charge in [0, 0.05) is 13.0 Å². The first-order valence-electron chi connectivity index (χ1n) is 5.67. The Labute approximate surface area is 88.0 Å². The number of rotatable bonds is 1. The van der Waals surface area contributed by atoms with Crippen LogP contribution in [0.25, 0.3) is 0 Å². The molecule has 0 aromatic rings. The fourth-order valence-electron chi connectivity index (χ4n) is 2.44. The van der Waals surface area contributed by atoms with Gasteiger partial charge in [0.1, 0.15) is 0 Å². The Hall–Kier alpha value is -0.530. The van der Waals surface area contributed by atoms with Crippen molar-refractivity contribution < 1.29 is 0 Å². The smallest absolute Gasteiger partial charge is 0.0964 e. The highest BCUT2D eigenvalue weighted by atomic mass is 14.8. The molecule has 2 nitrogen and oxygen atoms in total. The van der Waals surface area contributed by atoms with Gasteiger partial charge in [-0.2, -0.15) is 0 Å². The second kappa shape index (κ2) is 4.33. The van der Waals surface area contributed by atoms with Crippen LogP contribution in [0.4, 0.5) is 0 Å². The minimum atomic E-state index is 0.461. The molecule has 0 aliphatic heterocycles. The fraction of sp³-hybridized carbons (Fsp3) is 0.917. The largest absolute Gasteiger partial charge is 0.387 e. The Morgan fingerprint density at radius 1 is 1.14 bits per heavy atom. The maximum Gasteiger partial charge on any atom is 0.0964 e. The third-order valence-corrected chi connectivity index (χ3v) is 3.63. The monoisotopic (exact) mass is 196 g/mol. The molecule has 0 aromatic carbocycles. The van der Waals surface area contributed by atoms with Crippen LogP contribution in [0.15, 0.2) is 4.99 Å². The predicted octanol–water partition coefficient (Wildman–Crippen LogP) is 2.83. The Morgan fingerprint density at radius 3 is 2.00 bits per heavy atom. The number of hydrogen-bond acceptors (Lipinski definition) is 1. The van der Waals surface area contributed by atoms with Crippen LogP contribution < -0.4 is 5.73 Å². The van der Waals surface area contributed by atoms with Crippen LogP contribution in [0.3, 0.4) is 0 Å². The first kappa shape index (κ1) is 11.5. The van der Waals surface area contributed by atoms with E-state index in [0.717, 1.165) is 11.8 Å². The van der Waals surface area contributed by atoms with Gasteiger partial charge in [0.25, 0.3) is 0 Å². The summed E-state index contributed by atoms with van der Waals surface area (Å²) in [5.74, 6) is 2.28. The summed E-state index contributed by atoms with van der Waals surface area (Å²) in [4.78, 5) is 4.09. The summed E-state index contributed by atoms with van der Waals surface area (Å²) in [7, 11) is 1.80. The molecule has 1 aliphatic carbocycles. The molecule has 0 unspecified atom stereocenters. The van der Waals surface area contributed by atoms with E-state index in [2.05, 4.69) is 25.8 Å². The summed E-state index contributed by atoms with van der Waals surface area (Å²) in [5.41, 5.74) is 6.31. The zero-order valence-corrected chi connectivity index (χ0v) is 10.0. The Kier molecular flexibility index (Phi) is 3.57. The van der Waals surface area contributed by atoms with Gasteiger partial charge in [-0.05, 0) is 37.0 Å². The van der Waals surface area contributed by atoms with E-state index >= 15 is 0 Å². The number of nitrogens with zero attached hydrogens (tertiary/aromatic N) is 1. The zero-order valence-electron chi connectivity index (χ0n) is 10.0. The molecule has 0 amide bonds. The molecular formula is C12H24N2. The number of amidine groups is 1. The molecule has 0 bridgehead atoms. The van der Waals surface area contributed by atoms with Crippen molar-refractivity contribution in [3.8, 4) is 0 Å². The Bertz CT molecular complexity index is 205. The van der Waals surface area contributed by atoms with Gasteiger partial charge in [-0.25, -0.2) is 0 Å². The van der Waals surface area contributed by atoms with Crippen molar-refractivity contribution in [2.24, 2.45) is 28.0 Å². The van der Waals surface area contributed by atoms with E-state index in [1.807, 2.05) is 0 Å². The van der Waals surface area contributed by atoms with Crippen LogP contribution in [0, 0.1) is 17.3 Å². The van der Waals surface area contributed by atoms with Crippen LogP contribution in [0.1, 0.15) is 46.5 Å². The van der Waals surface area contributed by atoms with Crippen molar-refractivity contribution in [2.45, 2.75) is 46.5 Å². The summed E-state index contributed by atoms with van der Waals surface area (Å²) >= 11 is 0. The van der Waals surface area contributed by atoms with Gasteiger partial charge < -0.3 is 5.73 Å². The second-order valence-corrected chi connectivity index (χ2v) is 5.56. The van der Waals surface area contributed by atoms with Gasteiger partial charge in [-0.3, -0.25) is 4.99 Å². The molecule has 0 atom stereocenters. The van der Waals surface area contributed by atoms with Crippen molar-refractivity contribution in [3.05, 3.63) is 0 Å². The van der Waals surface area contributed by atoms with E-state index in [-0.39, 0.29) is 0 Å². The van der Waals surface area contributed by atoms with Crippen LogP contribution in [-0.4, -0.2) is 12.9 Å². The minimum absolute atomic E-state index is 0.461. The van der Waals surface area contributed by atoms with Gasteiger partial charge in [0.05, 0.1) is 5.84 Å². The molecule has 1 aliphatic rings. The van der Waals surface area contributed by atoms with Crippen LogP contribution in [0.2, 0.25) is 0 Å². The van der Waals surface area contributed by atoms with Crippen molar-refractivity contribution >= 4 is 5.84 Å². The second-order valence-electron chi connectivity index (χ2n) is 5.56. The normalized spacial score (nSPS) is 30.4. The molecule has 1 saturated carbocycles. The zero-order chi connectivity index (χ0) is 10.8. The molecule has 1 rings (SSSR count). The summed E-state index contributed by atoms with van der Waals surface area (Å²) in [5, 5.41) is 0. The maximum atomic E-state index is 5.85. The Morgan fingerprint density at radius 2 is 1.64 bits per heavy atom. The van der Waals surface area contributed by atoms with Gasteiger partial charge in [-0.1, -0.05) is 20.8 Å². The molecule has 2 N–H and O–H groups in total. The van der Waals surface area contributed by atoms with Crippen LogP contribution in [-0.2, 0) is 0 Å². The standard InChI is InChI=1S/C12H24N2/c1-12(2,3)10-7-5-9(6-8-10)11(13)14-4/h9-10H,5-8H2,1-4H3,(H2,13,14). The molecule has 14 heavy (non-hydrogen) atoms. The maximum absolute atomic E-state index is 5.85. The van der Waals surface area contributed by atoms with Crippen molar-refractivity contribution in [3.63, 3.8) is 0 Å². The quantitative estimate of drug-likeness (QED) is 0.508. The number of aliphatic imine (C=N–C) groups is 1. The third kappa shape index (κ3) is 2.73. The number of nitrogens with two attached hydrogens (primary N) is 1. The highest BCUT2D eigenvalue weighted by Crippen LogP contribution is 2.39. The topological polar surface area (TPSA) is 38.4 Å². The van der Waals surface area contributed by atoms with E-state index in [0.29, 0.717) is 11.3 Å². The van der Waals surface area contributed by atoms with Gasteiger partial charge in [0.2, 0.25) is 0 Å². The first-order valence-corrected chi connectivity index (χ1v) is 5.67. The molecule has 1 fully saturated rings. The molecule has 0 spiro atoms. The summed E-state index contributed by atoms with van der Waals surface area (Å²) < 4.78 is 0. The molecule has 2 heteroatoms.